The average Bonchev–Trinajstić information content (AvgIpc) is 2.21. The third-order valence-electron chi connectivity index (χ3n) is 4.07. The van der Waals surface area contributed by atoms with Crippen LogP contribution in [0.2, 0.25) is 0 Å². The van der Waals surface area contributed by atoms with E-state index in [2.05, 4.69) is 31.0 Å². The molecule has 0 aliphatic carbocycles. The number of hydrogen-bond acceptors (Lipinski definition) is 3. The van der Waals surface area contributed by atoms with Crippen molar-refractivity contribution in [2.45, 2.75) is 45.3 Å². The van der Waals surface area contributed by atoms with Gasteiger partial charge in [0.1, 0.15) is 0 Å². The maximum atomic E-state index is 5.95. The highest BCUT2D eigenvalue weighted by Crippen LogP contribution is 2.21. The van der Waals surface area contributed by atoms with Gasteiger partial charge in [-0.05, 0) is 32.6 Å². The molecule has 0 aromatic rings. The van der Waals surface area contributed by atoms with E-state index in [-0.39, 0.29) is 5.60 Å². The van der Waals surface area contributed by atoms with Crippen molar-refractivity contribution in [3.63, 3.8) is 0 Å². The van der Waals surface area contributed by atoms with E-state index in [0.29, 0.717) is 0 Å². The highest BCUT2D eigenvalue weighted by atomic mass is 16.5. The second-order valence-electron chi connectivity index (χ2n) is 5.93. The molecular formula is C13H26N2O. The minimum absolute atomic E-state index is 0.116. The maximum absolute atomic E-state index is 5.95. The van der Waals surface area contributed by atoms with E-state index in [9.17, 15) is 0 Å². The summed E-state index contributed by atoms with van der Waals surface area (Å²) in [6.07, 6.45) is 2.74. The summed E-state index contributed by atoms with van der Waals surface area (Å²) in [7, 11) is 0. The van der Waals surface area contributed by atoms with Gasteiger partial charge in [0, 0.05) is 32.2 Å². The summed E-state index contributed by atoms with van der Waals surface area (Å²) < 4.78 is 5.95. The van der Waals surface area contributed by atoms with E-state index in [1.165, 1.54) is 19.4 Å². The monoisotopic (exact) mass is 226 g/mol. The summed E-state index contributed by atoms with van der Waals surface area (Å²) in [6.45, 7) is 12.2. The molecule has 2 atom stereocenters. The zero-order valence-electron chi connectivity index (χ0n) is 11.0. The average molecular weight is 226 g/mol. The minimum atomic E-state index is 0.116. The highest BCUT2D eigenvalue weighted by molar-refractivity contribution is 4.90. The Morgan fingerprint density at radius 2 is 2.06 bits per heavy atom. The topological polar surface area (TPSA) is 24.5 Å². The molecule has 3 nitrogen and oxygen atoms in total. The zero-order valence-corrected chi connectivity index (χ0v) is 11.0. The van der Waals surface area contributed by atoms with Crippen LogP contribution in [-0.4, -0.2) is 49.3 Å². The van der Waals surface area contributed by atoms with Crippen LogP contribution >= 0.6 is 0 Å². The SMILES string of the molecule is CC1CCC(C)N(CCOC2(C)CNC2)C1. The van der Waals surface area contributed by atoms with Crippen molar-refractivity contribution in [2.24, 2.45) is 5.92 Å². The molecule has 0 amide bonds. The lowest BCUT2D eigenvalue weighted by Gasteiger charge is -2.41. The first kappa shape index (κ1) is 12.3. The lowest BCUT2D eigenvalue weighted by atomic mass is 9.95. The van der Waals surface area contributed by atoms with E-state index in [1.807, 2.05) is 0 Å². The van der Waals surface area contributed by atoms with Gasteiger partial charge in [-0.2, -0.15) is 0 Å². The number of hydrogen-bond donors (Lipinski definition) is 1. The first-order valence-electron chi connectivity index (χ1n) is 6.68. The van der Waals surface area contributed by atoms with Gasteiger partial charge in [0.05, 0.1) is 12.2 Å². The standard InChI is InChI=1S/C13H26N2O/c1-11-4-5-12(2)15(8-11)6-7-16-13(3)9-14-10-13/h11-12,14H,4-10H2,1-3H3. The van der Waals surface area contributed by atoms with Crippen LogP contribution in [0.5, 0.6) is 0 Å². The quantitative estimate of drug-likeness (QED) is 0.786. The lowest BCUT2D eigenvalue weighted by molar-refractivity contribution is -0.0766. The third-order valence-corrected chi connectivity index (χ3v) is 4.07. The van der Waals surface area contributed by atoms with Crippen LogP contribution in [-0.2, 0) is 4.74 Å². The Labute approximate surface area is 99.5 Å². The van der Waals surface area contributed by atoms with Gasteiger partial charge in [-0.25, -0.2) is 0 Å². The summed E-state index contributed by atoms with van der Waals surface area (Å²) in [5, 5.41) is 3.27. The zero-order chi connectivity index (χ0) is 11.6. The Morgan fingerprint density at radius 3 is 2.69 bits per heavy atom. The first-order valence-corrected chi connectivity index (χ1v) is 6.68. The van der Waals surface area contributed by atoms with Gasteiger partial charge in [-0.1, -0.05) is 6.92 Å². The van der Waals surface area contributed by atoms with E-state index in [4.69, 9.17) is 4.74 Å². The van der Waals surface area contributed by atoms with Crippen molar-refractivity contribution in [3.05, 3.63) is 0 Å². The molecule has 2 heterocycles. The van der Waals surface area contributed by atoms with Gasteiger partial charge < -0.3 is 10.1 Å². The second kappa shape index (κ2) is 5.03. The van der Waals surface area contributed by atoms with Crippen LogP contribution in [0.1, 0.15) is 33.6 Å². The maximum Gasteiger partial charge on any atom is 0.0902 e. The molecule has 2 unspecified atom stereocenters. The molecule has 2 rings (SSSR count). The first-order chi connectivity index (χ1) is 7.59. The van der Waals surface area contributed by atoms with Crippen LogP contribution in [0.3, 0.4) is 0 Å². The van der Waals surface area contributed by atoms with Crippen LogP contribution in [0.4, 0.5) is 0 Å². The molecule has 0 aromatic carbocycles. The van der Waals surface area contributed by atoms with Crippen molar-refractivity contribution in [1.29, 1.82) is 0 Å². The van der Waals surface area contributed by atoms with Gasteiger partial charge in [0.15, 0.2) is 0 Å². The second-order valence-corrected chi connectivity index (χ2v) is 5.93. The Kier molecular flexibility index (Phi) is 3.88. The van der Waals surface area contributed by atoms with Crippen molar-refractivity contribution >= 4 is 0 Å². The fourth-order valence-electron chi connectivity index (χ4n) is 2.68. The van der Waals surface area contributed by atoms with Gasteiger partial charge in [0.2, 0.25) is 0 Å². The number of rotatable bonds is 4. The van der Waals surface area contributed by atoms with E-state index in [0.717, 1.165) is 38.2 Å². The largest absolute Gasteiger partial charge is 0.371 e. The van der Waals surface area contributed by atoms with Crippen LogP contribution in [0, 0.1) is 5.92 Å². The van der Waals surface area contributed by atoms with Crippen molar-refractivity contribution in [1.82, 2.24) is 10.2 Å². The van der Waals surface area contributed by atoms with Crippen molar-refractivity contribution in [3.8, 4) is 0 Å². The highest BCUT2D eigenvalue weighted by Gasteiger charge is 2.32. The number of likely N-dealkylation sites (tertiary alicyclic amines) is 1. The molecule has 2 aliphatic rings. The van der Waals surface area contributed by atoms with Crippen molar-refractivity contribution < 1.29 is 4.74 Å². The molecule has 2 aliphatic heterocycles. The normalized spacial score (nSPS) is 34.7. The molecule has 94 valence electrons. The molecule has 1 N–H and O–H groups in total. The summed E-state index contributed by atoms with van der Waals surface area (Å²) in [5.41, 5.74) is 0.116. The van der Waals surface area contributed by atoms with Gasteiger partial charge in [0.25, 0.3) is 0 Å². The molecule has 0 spiro atoms. The van der Waals surface area contributed by atoms with E-state index < -0.39 is 0 Å². The Bertz CT molecular complexity index is 228. The Hall–Kier alpha value is -0.120. The molecule has 2 saturated heterocycles. The lowest BCUT2D eigenvalue weighted by Crippen LogP contribution is -2.59. The van der Waals surface area contributed by atoms with Crippen LogP contribution < -0.4 is 5.32 Å². The predicted octanol–water partition coefficient (Wildman–Crippen LogP) is 1.49. The summed E-state index contributed by atoms with van der Waals surface area (Å²) in [4.78, 5) is 2.59. The van der Waals surface area contributed by atoms with Gasteiger partial charge in [-0.3, -0.25) is 4.90 Å². The molecule has 3 heteroatoms. The van der Waals surface area contributed by atoms with Crippen LogP contribution in [0.25, 0.3) is 0 Å². The van der Waals surface area contributed by atoms with Crippen molar-refractivity contribution in [2.75, 3.05) is 32.8 Å². The van der Waals surface area contributed by atoms with Crippen LogP contribution in [0.15, 0.2) is 0 Å². The summed E-state index contributed by atoms with van der Waals surface area (Å²) >= 11 is 0. The predicted molar refractivity (Wildman–Crippen MR) is 66.7 cm³/mol. The smallest absolute Gasteiger partial charge is 0.0902 e. The van der Waals surface area contributed by atoms with E-state index >= 15 is 0 Å². The summed E-state index contributed by atoms with van der Waals surface area (Å²) in [5.74, 6) is 0.858. The van der Waals surface area contributed by atoms with Gasteiger partial charge in [-0.15, -0.1) is 0 Å². The molecule has 0 radical (unpaired) electrons. The van der Waals surface area contributed by atoms with Gasteiger partial charge >= 0.3 is 0 Å². The molecule has 16 heavy (non-hydrogen) atoms. The number of nitrogens with one attached hydrogen (secondary N) is 1. The fourth-order valence-corrected chi connectivity index (χ4v) is 2.68. The number of piperidine rings is 1. The molecule has 0 bridgehead atoms. The third kappa shape index (κ3) is 2.96. The fraction of sp³-hybridized carbons (Fsp3) is 1.00. The molecule has 2 fully saturated rings. The molecule has 0 aromatic heterocycles. The van der Waals surface area contributed by atoms with E-state index in [1.54, 1.807) is 0 Å². The number of nitrogens with zero attached hydrogens (tertiary/aromatic N) is 1. The molecular weight excluding hydrogens is 200 g/mol. The Balaban J connectivity index is 1.68. The number of ether oxygens (including phenoxy) is 1. The minimum Gasteiger partial charge on any atom is -0.371 e. The summed E-state index contributed by atoms with van der Waals surface area (Å²) in [6, 6.07) is 0.743. The molecule has 0 saturated carbocycles. The Morgan fingerprint density at radius 1 is 1.31 bits per heavy atom.